The number of para-hydroxylation sites is 2. The molecule has 0 spiro atoms. The summed E-state index contributed by atoms with van der Waals surface area (Å²) in [7, 11) is 3.15. The first-order valence-corrected chi connectivity index (χ1v) is 17.0. The van der Waals surface area contributed by atoms with Gasteiger partial charge in [0.25, 0.3) is 11.8 Å². The number of rotatable bonds is 11. The number of anilines is 2. The lowest BCUT2D eigenvalue weighted by Crippen LogP contribution is -2.29. The number of carbonyl (C=O) groups is 2. The fourth-order valence-corrected chi connectivity index (χ4v) is 6.26. The van der Waals surface area contributed by atoms with E-state index in [1.54, 1.807) is 28.1 Å². The van der Waals surface area contributed by atoms with Gasteiger partial charge in [0.05, 0.1) is 37.0 Å². The summed E-state index contributed by atoms with van der Waals surface area (Å²) < 4.78 is 11.6. The van der Waals surface area contributed by atoms with Crippen LogP contribution in [0.4, 0.5) is 22.7 Å². The standard InChI is InChI=1S/C41H36N8O4/c1-26-38(40(50)48(46-26)31-16-10-6-11-17-31)44-42-33-22-20-29(24-35(33)52-3)37(28-14-8-5-9-15-28)30-21-23-34(36(25-30)53-4)43-45-39-27(2)47-49(41(39)51)32-18-12-7-13-19-32/h5-25,37-39H,1-4H3. The van der Waals surface area contributed by atoms with Crippen LogP contribution in [0.5, 0.6) is 11.5 Å². The molecule has 12 nitrogen and oxygen atoms in total. The van der Waals surface area contributed by atoms with E-state index in [4.69, 9.17) is 9.47 Å². The molecule has 2 atom stereocenters. The first kappa shape index (κ1) is 34.6. The van der Waals surface area contributed by atoms with E-state index in [1.165, 1.54) is 10.0 Å². The molecule has 2 aliphatic heterocycles. The average Bonchev–Trinajstić information content (AvgIpc) is 3.65. The predicted octanol–water partition coefficient (Wildman–Crippen LogP) is 8.63. The zero-order valence-electron chi connectivity index (χ0n) is 29.6. The van der Waals surface area contributed by atoms with Crippen LogP contribution in [0.25, 0.3) is 0 Å². The molecule has 7 rings (SSSR count). The second kappa shape index (κ2) is 15.2. The Morgan fingerprint density at radius 3 is 1.34 bits per heavy atom. The van der Waals surface area contributed by atoms with E-state index in [0.29, 0.717) is 45.7 Å². The zero-order chi connectivity index (χ0) is 36.9. The molecule has 5 aromatic carbocycles. The minimum absolute atomic E-state index is 0.230. The normalized spacial score (nSPS) is 17.8. The van der Waals surface area contributed by atoms with E-state index in [9.17, 15) is 9.59 Å². The SMILES string of the molecule is COc1cc(C(c2ccccc2)c2ccc(N=NC3C(=O)N(c4ccccc4)N=C3C)c(OC)c2)ccc1N=NC1C(=O)N(c2ccccc2)N=C1C. The van der Waals surface area contributed by atoms with Gasteiger partial charge < -0.3 is 9.47 Å². The summed E-state index contributed by atoms with van der Waals surface area (Å²) in [4.78, 5) is 26.4. The van der Waals surface area contributed by atoms with Gasteiger partial charge in [-0.25, -0.2) is 0 Å². The summed E-state index contributed by atoms with van der Waals surface area (Å²) >= 11 is 0. The van der Waals surface area contributed by atoms with E-state index in [0.717, 1.165) is 16.7 Å². The molecule has 0 N–H and O–H groups in total. The van der Waals surface area contributed by atoms with Gasteiger partial charge in [0.15, 0.2) is 12.1 Å². The zero-order valence-corrected chi connectivity index (χ0v) is 29.6. The fourth-order valence-electron chi connectivity index (χ4n) is 6.26. The fraction of sp³-hybridized carbons (Fsp3) is 0.171. The van der Waals surface area contributed by atoms with Gasteiger partial charge in [-0.3, -0.25) is 9.59 Å². The molecule has 0 saturated carbocycles. The van der Waals surface area contributed by atoms with Crippen molar-refractivity contribution in [2.75, 3.05) is 24.2 Å². The number of hydrazone groups is 2. The first-order chi connectivity index (χ1) is 25.9. The Labute approximate surface area is 306 Å². The molecule has 0 saturated heterocycles. The Kier molecular flexibility index (Phi) is 9.93. The minimum atomic E-state index is -0.842. The van der Waals surface area contributed by atoms with Crippen LogP contribution in [0, 0.1) is 0 Å². The van der Waals surface area contributed by atoms with E-state index >= 15 is 0 Å². The summed E-state index contributed by atoms with van der Waals surface area (Å²) in [6, 6.07) is 38.3. The second-order valence-corrected chi connectivity index (χ2v) is 12.4. The van der Waals surface area contributed by atoms with Crippen molar-refractivity contribution in [2.24, 2.45) is 30.7 Å². The maximum atomic E-state index is 13.2. The number of hydrogen-bond acceptors (Lipinski definition) is 10. The number of methoxy groups -OCH3 is 2. The highest BCUT2D eigenvalue weighted by Crippen LogP contribution is 2.41. The van der Waals surface area contributed by atoms with Crippen LogP contribution < -0.4 is 19.5 Å². The van der Waals surface area contributed by atoms with Crippen LogP contribution >= 0.6 is 0 Å². The van der Waals surface area contributed by atoms with Gasteiger partial charge in [-0.15, -0.1) is 0 Å². The lowest BCUT2D eigenvalue weighted by Gasteiger charge is -2.21. The number of nitrogens with zero attached hydrogens (tertiary/aromatic N) is 8. The number of benzene rings is 5. The number of ether oxygens (including phenoxy) is 2. The molecule has 2 heterocycles. The Morgan fingerprint density at radius 2 is 0.943 bits per heavy atom. The second-order valence-electron chi connectivity index (χ2n) is 12.4. The third-order valence-corrected chi connectivity index (χ3v) is 8.96. The van der Waals surface area contributed by atoms with Crippen LogP contribution in [0.1, 0.15) is 36.5 Å². The van der Waals surface area contributed by atoms with E-state index in [2.05, 4.69) is 42.8 Å². The predicted molar refractivity (Wildman–Crippen MR) is 204 cm³/mol. The number of carbonyl (C=O) groups excluding carboxylic acids is 2. The minimum Gasteiger partial charge on any atom is -0.494 e. The van der Waals surface area contributed by atoms with Crippen molar-refractivity contribution in [3.8, 4) is 11.5 Å². The molecule has 12 heteroatoms. The van der Waals surface area contributed by atoms with Crippen LogP contribution in [0.15, 0.2) is 158 Å². The van der Waals surface area contributed by atoms with Crippen molar-refractivity contribution in [1.29, 1.82) is 0 Å². The number of hydrogen-bond donors (Lipinski definition) is 0. The third-order valence-electron chi connectivity index (χ3n) is 8.96. The van der Waals surface area contributed by atoms with Gasteiger partial charge >= 0.3 is 0 Å². The molecule has 2 amide bonds. The van der Waals surface area contributed by atoms with E-state index < -0.39 is 12.1 Å². The lowest BCUT2D eigenvalue weighted by atomic mass is 9.84. The molecule has 2 unspecified atom stereocenters. The van der Waals surface area contributed by atoms with Crippen molar-refractivity contribution >= 4 is 46.0 Å². The van der Waals surface area contributed by atoms with Gasteiger partial charge in [0.2, 0.25) is 0 Å². The molecule has 0 fully saturated rings. The van der Waals surface area contributed by atoms with Gasteiger partial charge in [0.1, 0.15) is 22.9 Å². The van der Waals surface area contributed by atoms with E-state index in [1.807, 2.05) is 115 Å². The van der Waals surface area contributed by atoms with Crippen molar-refractivity contribution in [2.45, 2.75) is 31.8 Å². The lowest BCUT2D eigenvalue weighted by molar-refractivity contribution is -0.118. The van der Waals surface area contributed by atoms with Gasteiger partial charge in [-0.2, -0.15) is 40.7 Å². The quantitative estimate of drug-likeness (QED) is 0.101. The Hall–Kier alpha value is -6.82. The summed E-state index contributed by atoms with van der Waals surface area (Å²) in [5, 5.41) is 29.2. The Morgan fingerprint density at radius 1 is 0.547 bits per heavy atom. The highest BCUT2D eigenvalue weighted by atomic mass is 16.5. The van der Waals surface area contributed by atoms with Gasteiger partial charge in [-0.05, 0) is 79.1 Å². The van der Waals surface area contributed by atoms with Gasteiger partial charge in [0, 0.05) is 5.92 Å². The highest BCUT2D eigenvalue weighted by Gasteiger charge is 2.36. The molecule has 0 aliphatic carbocycles. The molecule has 0 bridgehead atoms. The Balaban J connectivity index is 1.16. The topological polar surface area (TPSA) is 133 Å². The molecule has 0 aromatic heterocycles. The molecular weight excluding hydrogens is 669 g/mol. The first-order valence-electron chi connectivity index (χ1n) is 17.0. The Bertz CT molecular complexity index is 2120. The van der Waals surface area contributed by atoms with Crippen LogP contribution in [0.3, 0.4) is 0 Å². The monoisotopic (exact) mass is 704 g/mol. The molecular formula is C41H36N8O4. The summed E-state index contributed by atoms with van der Waals surface area (Å²) in [6.45, 7) is 3.53. The van der Waals surface area contributed by atoms with Crippen LogP contribution in [-0.4, -0.2) is 49.5 Å². The largest absolute Gasteiger partial charge is 0.494 e. The number of amides is 2. The highest BCUT2D eigenvalue weighted by molar-refractivity contribution is 6.19. The molecule has 0 radical (unpaired) electrons. The van der Waals surface area contributed by atoms with Crippen LogP contribution in [-0.2, 0) is 9.59 Å². The molecule has 264 valence electrons. The molecule has 2 aliphatic rings. The molecule has 5 aromatic rings. The van der Waals surface area contributed by atoms with Gasteiger partial charge in [-0.1, -0.05) is 78.9 Å². The molecule has 53 heavy (non-hydrogen) atoms. The smallest absolute Gasteiger partial charge is 0.280 e. The van der Waals surface area contributed by atoms with Crippen molar-refractivity contribution in [3.05, 3.63) is 144 Å². The van der Waals surface area contributed by atoms with Crippen molar-refractivity contribution < 1.29 is 19.1 Å². The maximum absolute atomic E-state index is 13.2. The third kappa shape index (κ3) is 7.07. The van der Waals surface area contributed by atoms with Crippen LogP contribution in [0.2, 0.25) is 0 Å². The summed E-state index contributed by atoms with van der Waals surface area (Å²) in [5.41, 5.74) is 6.27. The van der Waals surface area contributed by atoms with Crippen molar-refractivity contribution in [3.63, 3.8) is 0 Å². The van der Waals surface area contributed by atoms with E-state index in [-0.39, 0.29) is 17.7 Å². The van der Waals surface area contributed by atoms with Crippen molar-refractivity contribution in [1.82, 2.24) is 0 Å². The maximum Gasteiger partial charge on any atom is 0.280 e. The summed E-state index contributed by atoms with van der Waals surface area (Å²) in [5.74, 6) is 0.203. The average molecular weight is 705 g/mol. The summed E-state index contributed by atoms with van der Waals surface area (Å²) in [6.07, 6.45) is 0. The number of azo groups is 2.